The summed E-state index contributed by atoms with van der Waals surface area (Å²) >= 11 is 1.52. The summed E-state index contributed by atoms with van der Waals surface area (Å²) in [6, 6.07) is 8.14. The number of piperidine rings is 1. The van der Waals surface area contributed by atoms with Gasteiger partial charge in [-0.3, -0.25) is 4.79 Å². The van der Waals surface area contributed by atoms with Crippen molar-refractivity contribution >= 4 is 28.3 Å². The first-order valence-corrected chi connectivity index (χ1v) is 9.17. The molecule has 0 aliphatic carbocycles. The second-order valence-corrected chi connectivity index (χ2v) is 7.34. The largest absolute Gasteiger partial charge is 0.329 e. The molecule has 0 saturated carbocycles. The van der Waals surface area contributed by atoms with Gasteiger partial charge >= 0.3 is 0 Å². The lowest BCUT2D eigenvalue weighted by Crippen LogP contribution is -2.39. The highest BCUT2D eigenvalue weighted by Gasteiger charge is 2.32. The molecule has 1 fully saturated rings. The Labute approximate surface area is 145 Å². The highest BCUT2D eigenvalue weighted by atomic mass is 32.1. The second-order valence-electron chi connectivity index (χ2n) is 6.28. The Balaban J connectivity index is 1.73. The van der Waals surface area contributed by atoms with Crippen LogP contribution in [-0.2, 0) is 7.05 Å². The summed E-state index contributed by atoms with van der Waals surface area (Å²) in [6.07, 6.45) is 3.11. The van der Waals surface area contributed by atoms with Crippen molar-refractivity contribution in [3.8, 4) is 0 Å². The van der Waals surface area contributed by atoms with Crippen molar-refractivity contribution in [2.45, 2.75) is 32.2 Å². The molecule has 1 amide bonds. The highest BCUT2D eigenvalue weighted by molar-refractivity contribution is 7.09. The maximum absolute atomic E-state index is 13.0. The van der Waals surface area contributed by atoms with Gasteiger partial charge in [-0.1, -0.05) is 12.1 Å². The highest BCUT2D eigenvalue weighted by Crippen LogP contribution is 2.33. The molecule has 1 aliphatic rings. The van der Waals surface area contributed by atoms with Gasteiger partial charge < -0.3 is 9.47 Å². The van der Waals surface area contributed by atoms with Crippen LogP contribution in [-0.4, -0.2) is 31.9 Å². The number of likely N-dealkylation sites (tertiary alicyclic amines) is 1. The van der Waals surface area contributed by atoms with Crippen LogP contribution in [0.15, 0.2) is 29.6 Å². The first-order valence-electron chi connectivity index (χ1n) is 8.29. The van der Waals surface area contributed by atoms with Gasteiger partial charge in [-0.2, -0.15) is 0 Å². The third-order valence-electron chi connectivity index (χ3n) is 4.72. The van der Waals surface area contributed by atoms with Crippen LogP contribution in [0.1, 0.15) is 46.6 Å². The third-order valence-corrected chi connectivity index (χ3v) is 5.50. The van der Waals surface area contributed by atoms with Crippen LogP contribution in [0.4, 0.5) is 0 Å². The molecule has 0 radical (unpaired) electrons. The number of imidazole rings is 1. The maximum Gasteiger partial charge on any atom is 0.273 e. The lowest BCUT2D eigenvalue weighted by molar-refractivity contribution is 0.0591. The number of fused-ring (bicyclic) bond motifs is 1. The van der Waals surface area contributed by atoms with Crippen LogP contribution in [0, 0.1) is 6.92 Å². The number of hydrogen-bond acceptors (Lipinski definition) is 4. The summed E-state index contributed by atoms with van der Waals surface area (Å²) in [5.74, 6) is 0.993. The zero-order chi connectivity index (χ0) is 16.7. The average Bonchev–Trinajstić information content (AvgIpc) is 3.18. The molecule has 1 saturated heterocycles. The smallest absolute Gasteiger partial charge is 0.273 e. The molecule has 1 atom stereocenters. The molecule has 124 valence electrons. The molecule has 0 N–H and O–H groups in total. The van der Waals surface area contributed by atoms with Gasteiger partial charge in [0.2, 0.25) is 0 Å². The monoisotopic (exact) mass is 340 g/mol. The lowest BCUT2D eigenvalue weighted by Gasteiger charge is -2.34. The van der Waals surface area contributed by atoms with Crippen LogP contribution in [0.3, 0.4) is 0 Å². The van der Waals surface area contributed by atoms with Crippen molar-refractivity contribution in [2.24, 2.45) is 7.05 Å². The van der Waals surface area contributed by atoms with Crippen LogP contribution in [0.5, 0.6) is 0 Å². The van der Waals surface area contributed by atoms with Crippen molar-refractivity contribution in [1.29, 1.82) is 0 Å². The number of carbonyl (C=O) groups is 1. The number of para-hydroxylation sites is 2. The normalized spacial score (nSPS) is 18.2. The van der Waals surface area contributed by atoms with Gasteiger partial charge in [-0.15, -0.1) is 11.3 Å². The Kier molecular flexibility index (Phi) is 3.84. The minimum Gasteiger partial charge on any atom is -0.329 e. The van der Waals surface area contributed by atoms with Gasteiger partial charge in [0.05, 0.1) is 22.1 Å². The summed E-state index contributed by atoms with van der Waals surface area (Å²) in [5, 5.41) is 2.78. The molecule has 0 unspecified atom stereocenters. The number of carbonyl (C=O) groups excluding carboxylic acids is 1. The summed E-state index contributed by atoms with van der Waals surface area (Å²) in [5.41, 5.74) is 2.65. The second kappa shape index (κ2) is 6.02. The van der Waals surface area contributed by atoms with E-state index in [1.807, 2.05) is 42.5 Å². The third kappa shape index (κ3) is 2.51. The molecular weight excluding hydrogens is 320 g/mol. The summed E-state index contributed by atoms with van der Waals surface area (Å²) < 4.78 is 2.12. The Morgan fingerprint density at radius 1 is 1.25 bits per heavy atom. The van der Waals surface area contributed by atoms with Gasteiger partial charge in [0, 0.05) is 19.0 Å². The molecule has 0 bridgehead atoms. The van der Waals surface area contributed by atoms with Crippen molar-refractivity contribution in [3.05, 3.63) is 46.2 Å². The van der Waals surface area contributed by atoms with Crippen molar-refractivity contribution in [3.63, 3.8) is 0 Å². The fraction of sp³-hybridized carbons (Fsp3) is 0.389. The van der Waals surface area contributed by atoms with Gasteiger partial charge in [0.15, 0.2) is 0 Å². The molecule has 3 heterocycles. The number of amides is 1. The topological polar surface area (TPSA) is 51.0 Å². The molecule has 5 nitrogen and oxygen atoms in total. The Morgan fingerprint density at radius 3 is 2.83 bits per heavy atom. The predicted molar refractivity (Wildman–Crippen MR) is 95.2 cm³/mol. The van der Waals surface area contributed by atoms with Crippen LogP contribution >= 0.6 is 11.3 Å². The van der Waals surface area contributed by atoms with Crippen molar-refractivity contribution in [1.82, 2.24) is 19.4 Å². The fourth-order valence-electron chi connectivity index (χ4n) is 3.51. The molecule has 0 spiro atoms. The number of rotatable bonds is 2. The van der Waals surface area contributed by atoms with E-state index in [-0.39, 0.29) is 11.9 Å². The van der Waals surface area contributed by atoms with E-state index < -0.39 is 0 Å². The van der Waals surface area contributed by atoms with Gasteiger partial charge in [-0.05, 0) is 38.3 Å². The van der Waals surface area contributed by atoms with E-state index in [1.54, 1.807) is 0 Å². The predicted octanol–water partition coefficient (Wildman–Crippen LogP) is 3.71. The minimum atomic E-state index is 0.0191. The van der Waals surface area contributed by atoms with E-state index in [0.29, 0.717) is 5.69 Å². The van der Waals surface area contributed by atoms with Crippen LogP contribution < -0.4 is 0 Å². The number of thiazole rings is 1. The van der Waals surface area contributed by atoms with E-state index >= 15 is 0 Å². The van der Waals surface area contributed by atoms with E-state index in [1.165, 1.54) is 11.3 Å². The van der Waals surface area contributed by atoms with E-state index in [9.17, 15) is 4.79 Å². The first kappa shape index (κ1) is 15.3. The quantitative estimate of drug-likeness (QED) is 0.715. The Morgan fingerprint density at radius 2 is 2.08 bits per heavy atom. The first-order chi connectivity index (χ1) is 11.6. The van der Waals surface area contributed by atoms with Gasteiger partial charge in [0.1, 0.15) is 11.5 Å². The molecule has 1 aromatic carbocycles. The van der Waals surface area contributed by atoms with E-state index in [0.717, 1.165) is 47.7 Å². The zero-order valence-corrected chi connectivity index (χ0v) is 14.7. The van der Waals surface area contributed by atoms with Crippen molar-refractivity contribution < 1.29 is 4.79 Å². The summed E-state index contributed by atoms with van der Waals surface area (Å²) in [7, 11) is 2.04. The zero-order valence-electron chi connectivity index (χ0n) is 13.9. The number of benzene rings is 1. The average molecular weight is 340 g/mol. The molecule has 6 heteroatoms. The van der Waals surface area contributed by atoms with Gasteiger partial charge in [0.25, 0.3) is 5.91 Å². The molecule has 2 aromatic heterocycles. The SMILES string of the molecule is Cc1nc(C(=O)N2CCCC[C@@H]2c2nc3ccccc3n2C)cs1. The fourth-order valence-corrected chi connectivity index (χ4v) is 4.10. The van der Waals surface area contributed by atoms with Crippen molar-refractivity contribution in [2.75, 3.05) is 6.54 Å². The lowest BCUT2D eigenvalue weighted by atomic mass is 10.0. The Bertz CT molecular complexity index is 897. The van der Waals surface area contributed by atoms with Crippen LogP contribution in [0.25, 0.3) is 11.0 Å². The number of nitrogens with zero attached hydrogens (tertiary/aromatic N) is 4. The standard InChI is InChI=1S/C18H20N4OS/c1-12-19-14(11-24-12)18(23)22-10-6-5-9-16(22)17-20-13-7-3-4-8-15(13)21(17)2/h3-4,7-8,11,16H,5-6,9-10H2,1-2H3/t16-/m1/s1. The molecule has 24 heavy (non-hydrogen) atoms. The molecular formula is C18H20N4OS. The maximum atomic E-state index is 13.0. The number of aryl methyl sites for hydroxylation is 2. The number of hydrogen-bond donors (Lipinski definition) is 0. The molecule has 3 aromatic rings. The van der Waals surface area contributed by atoms with E-state index in [2.05, 4.69) is 15.6 Å². The van der Waals surface area contributed by atoms with Gasteiger partial charge in [-0.25, -0.2) is 9.97 Å². The Hall–Kier alpha value is -2.21. The molecule has 1 aliphatic heterocycles. The number of aromatic nitrogens is 3. The minimum absolute atomic E-state index is 0.0191. The summed E-state index contributed by atoms with van der Waals surface area (Å²) in [4.78, 5) is 24.1. The van der Waals surface area contributed by atoms with E-state index in [4.69, 9.17) is 4.98 Å². The van der Waals surface area contributed by atoms with Crippen LogP contribution in [0.2, 0.25) is 0 Å². The summed E-state index contributed by atoms with van der Waals surface area (Å²) in [6.45, 7) is 2.70. The molecule has 4 rings (SSSR count).